The molecule has 0 saturated heterocycles. The minimum Gasteiger partial charge on any atom is -0.480 e. The van der Waals surface area contributed by atoms with Crippen LogP contribution >= 0.6 is 0 Å². The summed E-state index contributed by atoms with van der Waals surface area (Å²) < 4.78 is 4.97. The predicted molar refractivity (Wildman–Crippen MR) is 74.7 cm³/mol. The molecule has 0 bridgehead atoms. The molecule has 1 rings (SSSR count). The summed E-state index contributed by atoms with van der Waals surface area (Å²) >= 11 is 0. The number of furan rings is 1. The quantitative estimate of drug-likeness (QED) is 0.814. The molecule has 2 unspecified atom stereocenters. The van der Waals surface area contributed by atoms with E-state index in [1.165, 1.54) is 26.3 Å². The summed E-state index contributed by atoms with van der Waals surface area (Å²) in [5, 5.41) is 11.5. The van der Waals surface area contributed by atoms with E-state index in [-0.39, 0.29) is 11.7 Å². The van der Waals surface area contributed by atoms with Crippen LogP contribution in [0, 0.1) is 5.92 Å². The van der Waals surface area contributed by atoms with E-state index in [4.69, 9.17) is 9.52 Å². The monoisotopic (exact) mass is 296 g/mol. The van der Waals surface area contributed by atoms with Gasteiger partial charge >= 0.3 is 5.97 Å². The Morgan fingerprint density at radius 2 is 1.90 bits per heavy atom. The van der Waals surface area contributed by atoms with Gasteiger partial charge in [-0.05, 0) is 25.0 Å². The lowest BCUT2D eigenvalue weighted by molar-refractivity contribution is -0.149. The van der Waals surface area contributed by atoms with Gasteiger partial charge in [0.2, 0.25) is 5.91 Å². The molecular formula is C14H20N2O5. The standard InChI is InChI=1S/C14H20N2O5/c1-8(2)11(13(18)16(4)9(3)14(19)20)15-12(17)10-6-5-7-21-10/h5-9,11H,1-4H3,(H,15,17)(H,19,20). The van der Waals surface area contributed by atoms with Crippen LogP contribution in [0.15, 0.2) is 22.8 Å². The third-order valence-corrected chi connectivity index (χ3v) is 3.25. The molecule has 7 nitrogen and oxygen atoms in total. The van der Waals surface area contributed by atoms with Crippen molar-refractivity contribution in [3.63, 3.8) is 0 Å². The molecule has 2 amide bonds. The molecule has 0 saturated carbocycles. The molecule has 7 heteroatoms. The minimum absolute atomic E-state index is 0.0994. The SMILES string of the molecule is CC(C)C(NC(=O)c1ccco1)C(=O)N(C)C(C)C(=O)O. The number of amides is 2. The van der Waals surface area contributed by atoms with Crippen LogP contribution in [-0.2, 0) is 9.59 Å². The van der Waals surface area contributed by atoms with Crippen molar-refractivity contribution < 1.29 is 23.9 Å². The number of likely N-dealkylation sites (N-methyl/N-ethyl adjacent to an activating group) is 1. The number of nitrogens with one attached hydrogen (secondary N) is 1. The summed E-state index contributed by atoms with van der Waals surface area (Å²) in [7, 11) is 1.40. The van der Waals surface area contributed by atoms with Crippen molar-refractivity contribution in [1.82, 2.24) is 10.2 Å². The molecule has 116 valence electrons. The molecule has 0 spiro atoms. The van der Waals surface area contributed by atoms with E-state index in [1.54, 1.807) is 19.9 Å². The van der Waals surface area contributed by atoms with Gasteiger partial charge in [0.05, 0.1) is 6.26 Å². The molecular weight excluding hydrogens is 276 g/mol. The molecule has 0 aliphatic rings. The van der Waals surface area contributed by atoms with E-state index in [0.29, 0.717) is 0 Å². The van der Waals surface area contributed by atoms with Gasteiger partial charge in [-0.1, -0.05) is 13.8 Å². The van der Waals surface area contributed by atoms with Gasteiger partial charge in [0, 0.05) is 7.05 Å². The summed E-state index contributed by atoms with van der Waals surface area (Å²) in [5.74, 6) is -2.17. The van der Waals surface area contributed by atoms with Gasteiger partial charge < -0.3 is 19.7 Å². The highest BCUT2D eigenvalue weighted by atomic mass is 16.4. The zero-order valence-corrected chi connectivity index (χ0v) is 12.5. The Labute approximate surface area is 122 Å². The normalized spacial score (nSPS) is 13.6. The minimum atomic E-state index is -1.11. The van der Waals surface area contributed by atoms with Crippen LogP contribution in [0.3, 0.4) is 0 Å². The zero-order chi connectivity index (χ0) is 16.2. The second kappa shape index (κ2) is 6.92. The van der Waals surface area contributed by atoms with E-state index in [2.05, 4.69) is 5.32 Å². The van der Waals surface area contributed by atoms with E-state index in [9.17, 15) is 14.4 Å². The number of carbonyl (C=O) groups is 3. The van der Waals surface area contributed by atoms with Crippen LogP contribution in [0.4, 0.5) is 0 Å². The highest BCUT2D eigenvalue weighted by Crippen LogP contribution is 2.10. The maximum atomic E-state index is 12.4. The Kier molecular flexibility index (Phi) is 5.52. The van der Waals surface area contributed by atoms with Crippen molar-refractivity contribution in [3.05, 3.63) is 24.2 Å². The first-order valence-electron chi connectivity index (χ1n) is 6.59. The first-order chi connectivity index (χ1) is 9.75. The molecule has 0 aliphatic carbocycles. The van der Waals surface area contributed by atoms with E-state index in [1.807, 2.05) is 0 Å². The van der Waals surface area contributed by atoms with Gasteiger partial charge in [0.15, 0.2) is 5.76 Å². The summed E-state index contributed by atoms with van der Waals surface area (Å²) in [4.78, 5) is 36.4. The summed E-state index contributed by atoms with van der Waals surface area (Å²) in [6, 6.07) is 1.26. The predicted octanol–water partition coefficient (Wildman–Crippen LogP) is 0.965. The molecule has 0 aromatic carbocycles. The molecule has 0 radical (unpaired) electrons. The molecule has 1 aromatic heterocycles. The van der Waals surface area contributed by atoms with Crippen LogP contribution in [0.1, 0.15) is 31.3 Å². The van der Waals surface area contributed by atoms with E-state index < -0.39 is 29.9 Å². The average Bonchev–Trinajstić information content (AvgIpc) is 2.95. The fraction of sp³-hybridized carbons (Fsp3) is 0.500. The van der Waals surface area contributed by atoms with Gasteiger partial charge in [-0.25, -0.2) is 4.79 Å². The van der Waals surface area contributed by atoms with Crippen molar-refractivity contribution >= 4 is 17.8 Å². The third kappa shape index (κ3) is 4.08. The number of rotatable bonds is 6. The number of carboxylic acid groups (broad SMARTS) is 1. The van der Waals surface area contributed by atoms with Crippen LogP contribution < -0.4 is 5.32 Å². The lowest BCUT2D eigenvalue weighted by atomic mass is 10.0. The van der Waals surface area contributed by atoms with Crippen LogP contribution in [-0.4, -0.2) is 46.9 Å². The second-order valence-electron chi connectivity index (χ2n) is 5.14. The topological polar surface area (TPSA) is 99.9 Å². The fourth-order valence-electron chi connectivity index (χ4n) is 1.71. The molecule has 2 atom stereocenters. The maximum absolute atomic E-state index is 12.4. The summed E-state index contributed by atoms with van der Waals surface area (Å²) in [5.41, 5.74) is 0. The molecule has 2 N–H and O–H groups in total. The van der Waals surface area contributed by atoms with Gasteiger partial charge in [0.25, 0.3) is 5.91 Å². The number of carbonyl (C=O) groups excluding carboxylic acids is 2. The van der Waals surface area contributed by atoms with Crippen molar-refractivity contribution in [2.75, 3.05) is 7.05 Å². The zero-order valence-electron chi connectivity index (χ0n) is 12.5. The molecule has 21 heavy (non-hydrogen) atoms. The number of nitrogens with zero attached hydrogens (tertiary/aromatic N) is 1. The van der Waals surface area contributed by atoms with Crippen LogP contribution in [0.25, 0.3) is 0 Å². The Morgan fingerprint density at radius 3 is 2.33 bits per heavy atom. The highest BCUT2D eigenvalue weighted by molar-refractivity contribution is 5.96. The Bertz CT molecular complexity index is 509. The number of hydrogen-bond donors (Lipinski definition) is 2. The van der Waals surface area contributed by atoms with E-state index in [0.717, 1.165) is 4.90 Å². The number of hydrogen-bond acceptors (Lipinski definition) is 4. The molecule has 1 aromatic rings. The van der Waals surface area contributed by atoms with Gasteiger partial charge in [-0.2, -0.15) is 0 Å². The van der Waals surface area contributed by atoms with Crippen molar-refractivity contribution in [2.24, 2.45) is 5.92 Å². The van der Waals surface area contributed by atoms with Crippen LogP contribution in [0.2, 0.25) is 0 Å². The van der Waals surface area contributed by atoms with Gasteiger partial charge in [-0.15, -0.1) is 0 Å². The summed E-state index contributed by atoms with van der Waals surface area (Å²) in [6.45, 7) is 4.94. The van der Waals surface area contributed by atoms with Gasteiger partial charge in [0.1, 0.15) is 12.1 Å². The van der Waals surface area contributed by atoms with Crippen molar-refractivity contribution in [1.29, 1.82) is 0 Å². The maximum Gasteiger partial charge on any atom is 0.326 e. The smallest absolute Gasteiger partial charge is 0.326 e. The first-order valence-corrected chi connectivity index (χ1v) is 6.59. The van der Waals surface area contributed by atoms with Crippen LogP contribution in [0.5, 0.6) is 0 Å². The summed E-state index contributed by atoms with van der Waals surface area (Å²) in [6.07, 6.45) is 1.36. The molecule has 1 heterocycles. The first kappa shape index (κ1) is 16.7. The highest BCUT2D eigenvalue weighted by Gasteiger charge is 2.31. The number of aliphatic carboxylic acids is 1. The Morgan fingerprint density at radius 1 is 1.29 bits per heavy atom. The van der Waals surface area contributed by atoms with Crippen molar-refractivity contribution in [3.8, 4) is 0 Å². The fourth-order valence-corrected chi connectivity index (χ4v) is 1.71. The van der Waals surface area contributed by atoms with Crippen molar-refractivity contribution in [2.45, 2.75) is 32.9 Å². The van der Waals surface area contributed by atoms with E-state index >= 15 is 0 Å². The second-order valence-corrected chi connectivity index (χ2v) is 5.14. The largest absolute Gasteiger partial charge is 0.480 e. The molecule has 0 fully saturated rings. The number of carboxylic acids is 1. The van der Waals surface area contributed by atoms with Gasteiger partial charge in [-0.3, -0.25) is 9.59 Å². The lowest BCUT2D eigenvalue weighted by Gasteiger charge is -2.29. The third-order valence-electron chi connectivity index (χ3n) is 3.25. The Hall–Kier alpha value is -2.31. The average molecular weight is 296 g/mol. The molecule has 0 aliphatic heterocycles. The Balaban J connectivity index is 2.84. The lowest BCUT2D eigenvalue weighted by Crippen LogP contribution is -2.53.